The summed E-state index contributed by atoms with van der Waals surface area (Å²) in [4.78, 5) is 8.87. The molecule has 0 aliphatic rings. The van der Waals surface area contributed by atoms with Crippen LogP contribution in [0.3, 0.4) is 0 Å². The van der Waals surface area contributed by atoms with Crippen LogP contribution in [0.15, 0.2) is 40.9 Å². The minimum Gasteiger partial charge on any atom is -0.360 e. The lowest BCUT2D eigenvalue weighted by Crippen LogP contribution is -2.10. The van der Waals surface area contributed by atoms with E-state index < -0.39 is 0 Å². The van der Waals surface area contributed by atoms with Gasteiger partial charge in [0, 0.05) is 23.5 Å². The van der Waals surface area contributed by atoms with E-state index in [1.807, 2.05) is 19.9 Å². The largest absolute Gasteiger partial charge is 0.360 e. The molecule has 6 nitrogen and oxygen atoms in total. The summed E-state index contributed by atoms with van der Waals surface area (Å²) in [5.74, 6) is 2.51. The zero-order valence-electron chi connectivity index (χ0n) is 15.2. The predicted octanol–water partition coefficient (Wildman–Crippen LogP) is 4.87. The molecule has 0 bridgehead atoms. The van der Waals surface area contributed by atoms with E-state index in [0.29, 0.717) is 11.8 Å². The minimum atomic E-state index is 0.136. The lowest BCUT2D eigenvalue weighted by Gasteiger charge is -2.19. The minimum absolute atomic E-state index is 0.136. The second kappa shape index (κ2) is 6.55. The van der Waals surface area contributed by atoms with E-state index in [0.717, 1.165) is 23.0 Å². The quantitative estimate of drug-likeness (QED) is 0.707. The SMILES string of the molecule is Cc1cc(Nc2ccc(C(C)(C)C)cc2)nc(Nc2cc(C)on2)n1. The Kier molecular flexibility index (Phi) is 4.44. The van der Waals surface area contributed by atoms with Gasteiger partial charge in [-0.3, -0.25) is 0 Å². The van der Waals surface area contributed by atoms with Crippen LogP contribution in [0.4, 0.5) is 23.3 Å². The Labute approximate surface area is 147 Å². The van der Waals surface area contributed by atoms with Crippen LogP contribution in [0.1, 0.15) is 37.8 Å². The van der Waals surface area contributed by atoms with Crippen LogP contribution < -0.4 is 10.6 Å². The maximum absolute atomic E-state index is 5.05. The van der Waals surface area contributed by atoms with Crippen molar-refractivity contribution in [1.82, 2.24) is 15.1 Å². The van der Waals surface area contributed by atoms with Gasteiger partial charge in [0.2, 0.25) is 5.95 Å². The maximum Gasteiger partial charge on any atom is 0.230 e. The molecule has 0 spiro atoms. The van der Waals surface area contributed by atoms with Gasteiger partial charge in [0.25, 0.3) is 0 Å². The molecule has 6 heteroatoms. The fourth-order valence-corrected chi connectivity index (χ4v) is 2.43. The van der Waals surface area contributed by atoms with Crippen molar-refractivity contribution < 1.29 is 4.52 Å². The number of hydrogen-bond donors (Lipinski definition) is 2. The summed E-state index contributed by atoms with van der Waals surface area (Å²) >= 11 is 0. The van der Waals surface area contributed by atoms with Crippen molar-refractivity contribution in [3.05, 3.63) is 53.4 Å². The standard InChI is InChI=1S/C19H23N5O/c1-12-10-16(21-15-8-6-14(7-9-15)19(3,4)5)22-18(20-12)23-17-11-13(2)25-24-17/h6-11H,1-5H3,(H2,20,21,22,23,24). The number of benzene rings is 1. The molecule has 1 aromatic carbocycles. The van der Waals surface area contributed by atoms with E-state index >= 15 is 0 Å². The highest BCUT2D eigenvalue weighted by Crippen LogP contribution is 2.25. The third-order valence-corrected chi connectivity index (χ3v) is 3.75. The third kappa shape index (κ3) is 4.35. The average molecular weight is 337 g/mol. The van der Waals surface area contributed by atoms with E-state index in [2.05, 4.69) is 70.8 Å². The molecule has 0 radical (unpaired) electrons. The number of aryl methyl sites for hydroxylation is 2. The van der Waals surface area contributed by atoms with Gasteiger partial charge in [0.1, 0.15) is 11.6 Å². The third-order valence-electron chi connectivity index (χ3n) is 3.75. The molecule has 3 aromatic rings. The van der Waals surface area contributed by atoms with Gasteiger partial charge in [0.15, 0.2) is 5.82 Å². The van der Waals surface area contributed by atoms with Crippen LogP contribution in [0.5, 0.6) is 0 Å². The number of rotatable bonds is 4. The van der Waals surface area contributed by atoms with E-state index in [4.69, 9.17) is 4.52 Å². The molecule has 3 rings (SSSR count). The first-order valence-electron chi connectivity index (χ1n) is 8.23. The Morgan fingerprint density at radius 2 is 1.60 bits per heavy atom. The Morgan fingerprint density at radius 3 is 2.20 bits per heavy atom. The fourth-order valence-electron chi connectivity index (χ4n) is 2.43. The molecular weight excluding hydrogens is 314 g/mol. The first kappa shape index (κ1) is 17.0. The molecular formula is C19H23N5O. The topological polar surface area (TPSA) is 75.9 Å². The zero-order chi connectivity index (χ0) is 18.0. The van der Waals surface area contributed by atoms with Crippen molar-refractivity contribution in [2.45, 2.75) is 40.0 Å². The molecule has 2 heterocycles. The van der Waals surface area contributed by atoms with E-state index in [-0.39, 0.29) is 5.41 Å². The van der Waals surface area contributed by atoms with Crippen molar-refractivity contribution in [1.29, 1.82) is 0 Å². The smallest absolute Gasteiger partial charge is 0.230 e. The van der Waals surface area contributed by atoms with Crippen molar-refractivity contribution in [3.63, 3.8) is 0 Å². The highest BCUT2D eigenvalue weighted by Gasteiger charge is 2.13. The second-order valence-corrected chi connectivity index (χ2v) is 7.12. The molecule has 0 aliphatic heterocycles. The van der Waals surface area contributed by atoms with Crippen LogP contribution in [0.2, 0.25) is 0 Å². The zero-order valence-corrected chi connectivity index (χ0v) is 15.2. The molecule has 0 aliphatic carbocycles. The fraction of sp³-hybridized carbons (Fsp3) is 0.316. The summed E-state index contributed by atoms with van der Waals surface area (Å²) in [5, 5.41) is 10.3. The van der Waals surface area contributed by atoms with Gasteiger partial charge in [-0.25, -0.2) is 4.98 Å². The van der Waals surface area contributed by atoms with Gasteiger partial charge >= 0.3 is 0 Å². The lowest BCUT2D eigenvalue weighted by atomic mass is 9.87. The van der Waals surface area contributed by atoms with E-state index in [1.54, 1.807) is 6.07 Å². The maximum atomic E-state index is 5.05. The van der Waals surface area contributed by atoms with Gasteiger partial charge in [-0.2, -0.15) is 4.98 Å². The molecule has 0 fully saturated rings. The second-order valence-electron chi connectivity index (χ2n) is 7.12. The number of hydrogen-bond acceptors (Lipinski definition) is 6. The Bertz CT molecular complexity index is 862. The lowest BCUT2D eigenvalue weighted by molar-refractivity contribution is 0.400. The summed E-state index contributed by atoms with van der Waals surface area (Å²) < 4.78 is 5.05. The highest BCUT2D eigenvalue weighted by atomic mass is 16.5. The van der Waals surface area contributed by atoms with Crippen LogP contribution in [0, 0.1) is 13.8 Å². The highest BCUT2D eigenvalue weighted by molar-refractivity contribution is 5.59. The Morgan fingerprint density at radius 1 is 0.880 bits per heavy atom. The Hall–Kier alpha value is -2.89. The Balaban J connectivity index is 1.78. The summed E-state index contributed by atoms with van der Waals surface area (Å²) in [6, 6.07) is 12.1. The van der Waals surface area contributed by atoms with Crippen LogP contribution in [-0.2, 0) is 5.41 Å². The van der Waals surface area contributed by atoms with Gasteiger partial charge in [-0.05, 0) is 37.0 Å². The molecule has 2 aromatic heterocycles. The average Bonchev–Trinajstić information content (AvgIpc) is 2.91. The molecule has 0 amide bonds. The van der Waals surface area contributed by atoms with Crippen molar-refractivity contribution in [2.24, 2.45) is 0 Å². The van der Waals surface area contributed by atoms with Crippen molar-refractivity contribution in [3.8, 4) is 0 Å². The molecule has 0 saturated heterocycles. The number of anilines is 4. The molecule has 130 valence electrons. The first-order chi connectivity index (χ1) is 11.8. The summed E-state index contributed by atoms with van der Waals surface area (Å²) in [7, 11) is 0. The molecule has 0 saturated carbocycles. The summed E-state index contributed by atoms with van der Waals surface area (Å²) in [5.41, 5.74) is 3.26. The van der Waals surface area contributed by atoms with Gasteiger partial charge < -0.3 is 15.2 Å². The normalized spacial score (nSPS) is 11.4. The van der Waals surface area contributed by atoms with Crippen molar-refractivity contribution >= 4 is 23.3 Å². The van der Waals surface area contributed by atoms with Gasteiger partial charge in [0.05, 0.1) is 0 Å². The van der Waals surface area contributed by atoms with Crippen LogP contribution in [-0.4, -0.2) is 15.1 Å². The molecule has 25 heavy (non-hydrogen) atoms. The molecule has 0 atom stereocenters. The monoisotopic (exact) mass is 337 g/mol. The van der Waals surface area contributed by atoms with Crippen LogP contribution in [0.25, 0.3) is 0 Å². The predicted molar refractivity (Wildman–Crippen MR) is 99.7 cm³/mol. The first-order valence-corrected chi connectivity index (χ1v) is 8.23. The number of aromatic nitrogens is 3. The van der Waals surface area contributed by atoms with Crippen molar-refractivity contribution in [2.75, 3.05) is 10.6 Å². The summed E-state index contributed by atoms with van der Waals surface area (Å²) in [6.07, 6.45) is 0. The molecule has 2 N–H and O–H groups in total. The van der Waals surface area contributed by atoms with Gasteiger partial charge in [-0.1, -0.05) is 38.1 Å². The van der Waals surface area contributed by atoms with Gasteiger partial charge in [-0.15, -0.1) is 0 Å². The van der Waals surface area contributed by atoms with E-state index in [9.17, 15) is 0 Å². The number of nitrogens with one attached hydrogen (secondary N) is 2. The van der Waals surface area contributed by atoms with Crippen LogP contribution >= 0.6 is 0 Å². The molecule has 0 unspecified atom stereocenters. The summed E-state index contributed by atoms with van der Waals surface area (Å²) in [6.45, 7) is 10.4. The van der Waals surface area contributed by atoms with E-state index in [1.165, 1.54) is 5.56 Å². The number of nitrogens with zero attached hydrogens (tertiary/aromatic N) is 3.